The van der Waals surface area contributed by atoms with E-state index in [1.54, 1.807) is 6.07 Å². The number of thioether (sulfide) groups is 1. The SMILES string of the molecule is CCC(CC)(CNCc1ccc(O)c(O)c1)SC. The quantitative estimate of drug-likeness (QED) is 0.666. The third-order valence-electron chi connectivity index (χ3n) is 3.54. The standard InChI is InChI=1S/C14H23NO2S/c1-4-14(5-2,18-3)10-15-9-11-6-7-12(16)13(17)8-11/h6-8,15-17H,4-5,9-10H2,1-3H3. The van der Waals surface area contributed by atoms with Crippen LogP contribution in [0.2, 0.25) is 0 Å². The maximum absolute atomic E-state index is 9.42. The van der Waals surface area contributed by atoms with Gasteiger partial charge in [-0.3, -0.25) is 0 Å². The Morgan fingerprint density at radius 2 is 1.83 bits per heavy atom. The molecule has 0 radical (unpaired) electrons. The van der Waals surface area contributed by atoms with Crippen LogP contribution in [0.4, 0.5) is 0 Å². The Morgan fingerprint density at radius 3 is 2.33 bits per heavy atom. The third kappa shape index (κ3) is 3.82. The Morgan fingerprint density at radius 1 is 1.17 bits per heavy atom. The molecule has 1 rings (SSSR count). The first-order chi connectivity index (χ1) is 8.56. The molecule has 102 valence electrons. The minimum Gasteiger partial charge on any atom is -0.504 e. The maximum atomic E-state index is 9.42. The molecule has 0 saturated carbocycles. The second-order valence-electron chi connectivity index (χ2n) is 4.52. The number of hydrogen-bond donors (Lipinski definition) is 3. The number of benzene rings is 1. The highest BCUT2D eigenvalue weighted by atomic mass is 32.2. The highest BCUT2D eigenvalue weighted by molar-refractivity contribution is 8.00. The van der Waals surface area contributed by atoms with Crippen molar-refractivity contribution in [1.29, 1.82) is 0 Å². The average molecular weight is 269 g/mol. The van der Waals surface area contributed by atoms with Gasteiger partial charge in [-0.15, -0.1) is 0 Å². The largest absolute Gasteiger partial charge is 0.504 e. The van der Waals surface area contributed by atoms with Crippen LogP contribution >= 0.6 is 11.8 Å². The minimum atomic E-state index is -0.0701. The van der Waals surface area contributed by atoms with Crippen LogP contribution in [-0.2, 0) is 6.54 Å². The predicted octanol–water partition coefficient (Wildman–Crippen LogP) is 3.11. The van der Waals surface area contributed by atoms with Gasteiger partial charge in [0.2, 0.25) is 0 Å². The van der Waals surface area contributed by atoms with Gasteiger partial charge in [0.1, 0.15) is 0 Å². The predicted molar refractivity (Wildman–Crippen MR) is 78.3 cm³/mol. The number of aromatic hydroxyl groups is 2. The normalized spacial score (nSPS) is 11.7. The first kappa shape index (κ1) is 15.2. The number of rotatable bonds is 7. The summed E-state index contributed by atoms with van der Waals surface area (Å²) in [6.45, 7) is 6.08. The molecule has 0 spiro atoms. The Balaban J connectivity index is 2.52. The van der Waals surface area contributed by atoms with Gasteiger partial charge in [0.25, 0.3) is 0 Å². The molecule has 0 heterocycles. The fraction of sp³-hybridized carbons (Fsp3) is 0.571. The molecule has 0 saturated heterocycles. The summed E-state index contributed by atoms with van der Waals surface area (Å²) in [5.74, 6) is -0.129. The Hall–Kier alpha value is -0.870. The molecule has 3 N–H and O–H groups in total. The minimum absolute atomic E-state index is 0.0589. The number of nitrogens with one attached hydrogen (secondary N) is 1. The Labute approximate surface area is 114 Å². The van der Waals surface area contributed by atoms with Gasteiger partial charge in [0.15, 0.2) is 11.5 Å². The molecule has 0 aromatic heterocycles. The van der Waals surface area contributed by atoms with E-state index in [1.165, 1.54) is 6.07 Å². The molecule has 4 heteroatoms. The first-order valence-corrected chi connectivity index (χ1v) is 7.56. The van der Waals surface area contributed by atoms with Crippen LogP contribution in [0.3, 0.4) is 0 Å². The summed E-state index contributed by atoms with van der Waals surface area (Å²) in [6, 6.07) is 4.94. The van der Waals surface area contributed by atoms with Gasteiger partial charge in [-0.1, -0.05) is 19.9 Å². The Kier molecular flexibility index (Phi) is 5.82. The first-order valence-electron chi connectivity index (χ1n) is 6.33. The van der Waals surface area contributed by atoms with Crippen molar-refractivity contribution in [1.82, 2.24) is 5.32 Å². The molecule has 1 aromatic rings. The fourth-order valence-electron chi connectivity index (χ4n) is 1.97. The topological polar surface area (TPSA) is 52.5 Å². The van der Waals surface area contributed by atoms with Crippen molar-refractivity contribution in [3.63, 3.8) is 0 Å². The van der Waals surface area contributed by atoms with Gasteiger partial charge < -0.3 is 15.5 Å². The Bertz CT molecular complexity index is 370. The molecule has 0 amide bonds. The lowest BCUT2D eigenvalue weighted by molar-refractivity contribution is 0.402. The van der Waals surface area contributed by atoms with E-state index in [1.807, 2.05) is 17.8 Å². The van der Waals surface area contributed by atoms with Gasteiger partial charge in [-0.25, -0.2) is 0 Å². The second-order valence-corrected chi connectivity index (χ2v) is 5.80. The van der Waals surface area contributed by atoms with Crippen LogP contribution in [0.1, 0.15) is 32.3 Å². The van der Waals surface area contributed by atoms with Gasteiger partial charge in [-0.05, 0) is 36.8 Å². The van der Waals surface area contributed by atoms with E-state index < -0.39 is 0 Å². The molecule has 0 bridgehead atoms. The monoisotopic (exact) mass is 269 g/mol. The maximum Gasteiger partial charge on any atom is 0.157 e. The number of hydrogen-bond acceptors (Lipinski definition) is 4. The van der Waals surface area contributed by atoms with Crippen LogP contribution in [-0.4, -0.2) is 27.8 Å². The van der Waals surface area contributed by atoms with E-state index in [2.05, 4.69) is 25.4 Å². The molecule has 0 atom stereocenters. The van der Waals surface area contributed by atoms with Crippen LogP contribution in [0.25, 0.3) is 0 Å². The van der Waals surface area contributed by atoms with Crippen LogP contribution < -0.4 is 5.32 Å². The van der Waals surface area contributed by atoms with Gasteiger partial charge in [0.05, 0.1) is 0 Å². The molecule has 0 aliphatic heterocycles. The van der Waals surface area contributed by atoms with Gasteiger partial charge in [-0.2, -0.15) is 11.8 Å². The van der Waals surface area contributed by atoms with Crippen molar-refractivity contribution in [3.05, 3.63) is 23.8 Å². The fourth-order valence-corrected chi connectivity index (χ4v) is 2.80. The van der Waals surface area contributed by atoms with Crippen molar-refractivity contribution < 1.29 is 10.2 Å². The molecule has 0 aliphatic carbocycles. The summed E-state index contributed by atoms with van der Waals surface area (Å²) < 4.78 is 0.291. The molecule has 0 fully saturated rings. The van der Waals surface area contributed by atoms with E-state index in [-0.39, 0.29) is 11.5 Å². The summed E-state index contributed by atoms with van der Waals surface area (Å²) in [7, 11) is 0. The van der Waals surface area contributed by atoms with Crippen LogP contribution in [0, 0.1) is 0 Å². The van der Waals surface area contributed by atoms with Gasteiger partial charge >= 0.3 is 0 Å². The molecule has 18 heavy (non-hydrogen) atoms. The van der Waals surface area contributed by atoms with E-state index in [4.69, 9.17) is 0 Å². The van der Waals surface area contributed by atoms with Crippen LogP contribution in [0.5, 0.6) is 11.5 Å². The van der Waals surface area contributed by atoms with E-state index in [9.17, 15) is 10.2 Å². The van der Waals surface area contributed by atoms with Crippen molar-refractivity contribution in [2.45, 2.75) is 38.0 Å². The van der Waals surface area contributed by atoms with E-state index in [0.717, 1.165) is 24.9 Å². The highest BCUT2D eigenvalue weighted by Crippen LogP contribution is 2.30. The average Bonchev–Trinajstić information content (AvgIpc) is 2.39. The zero-order valence-electron chi connectivity index (χ0n) is 11.4. The number of phenols is 2. The van der Waals surface area contributed by atoms with Crippen molar-refractivity contribution >= 4 is 11.8 Å². The molecular weight excluding hydrogens is 246 g/mol. The summed E-state index contributed by atoms with van der Waals surface area (Å²) in [6.07, 6.45) is 4.43. The third-order valence-corrected chi connectivity index (χ3v) is 5.13. The summed E-state index contributed by atoms with van der Waals surface area (Å²) >= 11 is 1.91. The van der Waals surface area contributed by atoms with Crippen LogP contribution in [0.15, 0.2) is 18.2 Å². The summed E-state index contributed by atoms with van der Waals surface area (Å²) in [4.78, 5) is 0. The molecule has 0 unspecified atom stereocenters. The highest BCUT2D eigenvalue weighted by Gasteiger charge is 2.23. The zero-order valence-corrected chi connectivity index (χ0v) is 12.2. The zero-order chi connectivity index (χ0) is 13.6. The second kappa shape index (κ2) is 6.90. The molecule has 1 aromatic carbocycles. The van der Waals surface area contributed by atoms with E-state index in [0.29, 0.717) is 11.3 Å². The smallest absolute Gasteiger partial charge is 0.157 e. The summed E-state index contributed by atoms with van der Waals surface area (Å²) in [5.41, 5.74) is 0.979. The lowest BCUT2D eigenvalue weighted by Gasteiger charge is -2.30. The van der Waals surface area contributed by atoms with Crippen molar-refractivity contribution in [2.75, 3.05) is 12.8 Å². The number of phenolic OH excluding ortho intramolecular Hbond substituents is 2. The van der Waals surface area contributed by atoms with Crippen molar-refractivity contribution in [3.8, 4) is 11.5 Å². The summed E-state index contributed by atoms with van der Waals surface area (Å²) in [5, 5.41) is 22.1. The molecule has 3 nitrogen and oxygen atoms in total. The molecule has 0 aliphatic rings. The van der Waals surface area contributed by atoms with E-state index >= 15 is 0 Å². The van der Waals surface area contributed by atoms with Crippen molar-refractivity contribution in [2.24, 2.45) is 0 Å². The lowest BCUT2D eigenvalue weighted by atomic mass is 10.0. The molecular formula is C14H23NO2S. The lowest BCUT2D eigenvalue weighted by Crippen LogP contribution is -2.36. The van der Waals surface area contributed by atoms with Gasteiger partial charge in [0, 0.05) is 17.8 Å².